The van der Waals surface area contributed by atoms with Crippen molar-refractivity contribution in [2.75, 3.05) is 6.54 Å². The molecule has 1 heterocycles. The number of carbonyl (C=O) groups excluding carboxylic acids is 2. The van der Waals surface area contributed by atoms with E-state index in [1.54, 1.807) is 22.9 Å². The lowest BCUT2D eigenvalue weighted by Crippen LogP contribution is -2.39. The molecular formula is C12H15N5O3. The van der Waals surface area contributed by atoms with Crippen LogP contribution in [0.1, 0.15) is 17.3 Å². The quantitative estimate of drug-likeness (QED) is 0.648. The predicted molar refractivity (Wildman–Crippen MR) is 70.7 cm³/mol. The van der Waals surface area contributed by atoms with Gasteiger partial charge in [-0.05, 0) is 25.1 Å². The Hall–Kier alpha value is -2.48. The van der Waals surface area contributed by atoms with E-state index in [1.807, 2.05) is 6.92 Å². The van der Waals surface area contributed by atoms with Gasteiger partial charge in [0, 0.05) is 12.1 Å². The largest absolute Gasteiger partial charge is 0.381 e. The van der Waals surface area contributed by atoms with Crippen LogP contribution in [0.5, 0.6) is 0 Å². The summed E-state index contributed by atoms with van der Waals surface area (Å²) in [5.41, 5.74) is 6.71. The monoisotopic (exact) mass is 277 g/mol. The van der Waals surface area contributed by atoms with Gasteiger partial charge in [-0.25, -0.2) is 4.68 Å². The van der Waals surface area contributed by atoms with Crippen molar-refractivity contribution in [1.82, 2.24) is 20.3 Å². The number of primary amides is 1. The fourth-order valence-corrected chi connectivity index (χ4v) is 1.74. The second kappa shape index (κ2) is 5.66. The number of amides is 2. The zero-order chi connectivity index (χ0) is 14.7. The van der Waals surface area contributed by atoms with Crippen LogP contribution in [-0.2, 0) is 11.3 Å². The van der Waals surface area contributed by atoms with Crippen molar-refractivity contribution >= 4 is 22.8 Å². The Bertz CT molecular complexity index is 652. The molecule has 0 aliphatic carbocycles. The zero-order valence-corrected chi connectivity index (χ0v) is 10.9. The van der Waals surface area contributed by atoms with Gasteiger partial charge >= 0.3 is 0 Å². The SMILES string of the molecule is CCn1nnc2cc(C(=O)NCC(O)C(N)=O)ccc21. The average Bonchev–Trinajstić information content (AvgIpc) is 2.86. The van der Waals surface area contributed by atoms with Gasteiger partial charge in [0.2, 0.25) is 5.91 Å². The van der Waals surface area contributed by atoms with Gasteiger partial charge in [-0.2, -0.15) is 0 Å². The Labute approximate surface area is 114 Å². The van der Waals surface area contributed by atoms with Crippen molar-refractivity contribution in [1.29, 1.82) is 0 Å². The molecule has 1 aromatic heterocycles. The number of benzene rings is 1. The summed E-state index contributed by atoms with van der Waals surface area (Å²) in [7, 11) is 0. The first kappa shape index (κ1) is 13.9. The molecule has 2 rings (SSSR count). The molecule has 0 aliphatic rings. The normalized spacial score (nSPS) is 12.3. The minimum absolute atomic E-state index is 0.228. The maximum absolute atomic E-state index is 11.9. The van der Waals surface area contributed by atoms with E-state index in [0.717, 1.165) is 5.52 Å². The summed E-state index contributed by atoms with van der Waals surface area (Å²) in [5.74, 6) is -1.30. The lowest BCUT2D eigenvalue weighted by atomic mass is 10.2. The Morgan fingerprint density at radius 3 is 2.90 bits per heavy atom. The molecule has 0 saturated heterocycles. The maximum atomic E-state index is 11.9. The summed E-state index contributed by atoms with van der Waals surface area (Å²) in [4.78, 5) is 22.5. The lowest BCUT2D eigenvalue weighted by molar-refractivity contribution is -0.125. The van der Waals surface area contributed by atoms with Crippen molar-refractivity contribution in [2.24, 2.45) is 5.73 Å². The van der Waals surface area contributed by atoms with Crippen molar-refractivity contribution in [3.05, 3.63) is 23.8 Å². The van der Waals surface area contributed by atoms with Crippen LogP contribution in [0.2, 0.25) is 0 Å². The number of nitrogens with two attached hydrogens (primary N) is 1. The number of carbonyl (C=O) groups is 2. The van der Waals surface area contributed by atoms with Crippen LogP contribution in [0, 0.1) is 0 Å². The second-order valence-corrected chi connectivity index (χ2v) is 4.24. The summed E-state index contributed by atoms with van der Waals surface area (Å²) in [5, 5.41) is 19.5. The highest BCUT2D eigenvalue weighted by atomic mass is 16.3. The molecular weight excluding hydrogens is 262 g/mol. The Balaban J connectivity index is 2.12. The van der Waals surface area contributed by atoms with Gasteiger partial charge in [0.25, 0.3) is 5.91 Å². The van der Waals surface area contributed by atoms with Gasteiger partial charge in [-0.1, -0.05) is 5.21 Å². The van der Waals surface area contributed by atoms with E-state index in [2.05, 4.69) is 15.6 Å². The molecule has 2 aromatic rings. The molecule has 1 unspecified atom stereocenters. The first-order valence-electron chi connectivity index (χ1n) is 6.11. The molecule has 0 radical (unpaired) electrons. The first-order valence-corrected chi connectivity index (χ1v) is 6.11. The Morgan fingerprint density at radius 1 is 1.50 bits per heavy atom. The Kier molecular flexibility index (Phi) is 3.94. The van der Waals surface area contributed by atoms with E-state index in [0.29, 0.717) is 17.6 Å². The average molecular weight is 277 g/mol. The van der Waals surface area contributed by atoms with Crippen molar-refractivity contribution in [3.8, 4) is 0 Å². The Morgan fingerprint density at radius 2 is 2.25 bits per heavy atom. The molecule has 0 saturated carbocycles. The summed E-state index contributed by atoms with van der Waals surface area (Å²) in [6.45, 7) is 2.40. The van der Waals surface area contributed by atoms with E-state index in [-0.39, 0.29) is 6.54 Å². The van der Waals surface area contributed by atoms with Crippen molar-refractivity contribution < 1.29 is 14.7 Å². The summed E-state index contributed by atoms with van der Waals surface area (Å²) >= 11 is 0. The highest BCUT2D eigenvalue weighted by Crippen LogP contribution is 2.13. The standard InChI is InChI=1S/C12H15N5O3/c1-2-17-9-4-3-7(5-8(9)15-16-17)12(20)14-6-10(18)11(13)19/h3-5,10,18H,2,6H2,1H3,(H2,13,19)(H,14,20). The summed E-state index contributed by atoms with van der Waals surface area (Å²) in [6.07, 6.45) is -1.40. The minimum atomic E-state index is -1.40. The van der Waals surface area contributed by atoms with Crippen molar-refractivity contribution in [2.45, 2.75) is 19.6 Å². The third-order valence-corrected chi connectivity index (χ3v) is 2.86. The third-order valence-electron chi connectivity index (χ3n) is 2.86. The number of aromatic nitrogens is 3. The van der Waals surface area contributed by atoms with E-state index >= 15 is 0 Å². The molecule has 2 amide bonds. The first-order chi connectivity index (χ1) is 9.52. The predicted octanol–water partition coefficient (Wildman–Crippen LogP) is -0.973. The van der Waals surface area contributed by atoms with Crippen LogP contribution in [0.4, 0.5) is 0 Å². The maximum Gasteiger partial charge on any atom is 0.251 e. The molecule has 0 spiro atoms. The van der Waals surface area contributed by atoms with Gasteiger partial charge in [0.1, 0.15) is 11.6 Å². The fourth-order valence-electron chi connectivity index (χ4n) is 1.74. The molecule has 106 valence electrons. The number of hydrogen-bond donors (Lipinski definition) is 3. The number of hydrogen-bond acceptors (Lipinski definition) is 5. The lowest BCUT2D eigenvalue weighted by Gasteiger charge is -2.08. The number of nitrogens with one attached hydrogen (secondary N) is 1. The van der Waals surface area contributed by atoms with Gasteiger partial charge < -0.3 is 16.2 Å². The number of fused-ring (bicyclic) bond motifs is 1. The van der Waals surface area contributed by atoms with Gasteiger partial charge in [0.05, 0.1) is 12.1 Å². The van der Waals surface area contributed by atoms with Crippen LogP contribution in [-0.4, -0.2) is 44.6 Å². The fraction of sp³-hybridized carbons (Fsp3) is 0.333. The third kappa shape index (κ3) is 2.75. The second-order valence-electron chi connectivity index (χ2n) is 4.24. The van der Waals surface area contributed by atoms with Crippen molar-refractivity contribution in [3.63, 3.8) is 0 Å². The molecule has 0 aliphatic heterocycles. The number of nitrogens with zero attached hydrogens (tertiary/aromatic N) is 3. The topological polar surface area (TPSA) is 123 Å². The van der Waals surface area contributed by atoms with Crippen LogP contribution in [0.15, 0.2) is 18.2 Å². The molecule has 1 atom stereocenters. The highest BCUT2D eigenvalue weighted by Gasteiger charge is 2.14. The molecule has 0 fully saturated rings. The smallest absolute Gasteiger partial charge is 0.251 e. The zero-order valence-electron chi connectivity index (χ0n) is 10.9. The number of aryl methyl sites for hydroxylation is 1. The van der Waals surface area contributed by atoms with Gasteiger partial charge in [-0.15, -0.1) is 5.10 Å². The number of aliphatic hydroxyl groups is 1. The van der Waals surface area contributed by atoms with Crippen LogP contribution in [0.25, 0.3) is 11.0 Å². The van der Waals surface area contributed by atoms with E-state index in [1.165, 1.54) is 0 Å². The number of aliphatic hydroxyl groups excluding tert-OH is 1. The molecule has 20 heavy (non-hydrogen) atoms. The minimum Gasteiger partial charge on any atom is -0.381 e. The molecule has 0 bridgehead atoms. The highest BCUT2D eigenvalue weighted by molar-refractivity contribution is 5.97. The summed E-state index contributed by atoms with van der Waals surface area (Å²) < 4.78 is 1.72. The summed E-state index contributed by atoms with van der Waals surface area (Å²) in [6, 6.07) is 4.97. The van der Waals surface area contributed by atoms with Gasteiger partial charge in [0.15, 0.2) is 0 Å². The molecule has 4 N–H and O–H groups in total. The van der Waals surface area contributed by atoms with E-state index in [4.69, 9.17) is 5.73 Å². The number of rotatable bonds is 5. The van der Waals surface area contributed by atoms with Crippen LogP contribution < -0.4 is 11.1 Å². The van der Waals surface area contributed by atoms with Crippen LogP contribution in [0.3, 0.4) is 0 Å². The molecule has 8 nitrogen and oxygen atoms in total. The van der Waals surface area contributed by atoms with E-state index in [9.17, 15) is 14.7 Å². The molecule has 8 heteroatoms. The van der Waals surface area contributed by atoms with Crippen LogP contribution >= 0.6 is 0 Å². The molecule has 1 aromatic carbocycles. The van der Waals surface area contributed by atoms with E-state index < -0.39 is 17.9 Å². The van der Waals surface area contributed by atoms with Gasteiger partial charge in [-0.3, -0.25) is 9.59 Å².